The van der Waals surface area contributed by atoms with Crippen LogP contribution in [0.15, 0.2) is 42.6 Å². The number of fused-ring (bicyclic) bond motifs is 1. The van der Waals surface area contributed by atoms with E-state index in [0.717, 1.165) is 16.8 Å². The lowest BCUT2D eigenvalue weighted by atomic mass is 9.83. The van der Waals surface area contributed by atoms with Gasteiger partial charge in [-0.15, -0.1) is 0 Å². The number of rotatable bonds is 7. The smallest absolute Gasteiger partial charge is 0.227 e. The van der Waals surface area contributed by atoms with Crippen molar-refractivity contribution in [2.24, 2.45) is 0 Å². The van der Waals surface area contributed by atoms with Crippen LogP contribution in [0.3, 0.4) is 0 Å². The highest BCUT2D eigenvalue weighted by Gasteiger charge is 2.42. The Balaban J connectivity index is 1.69. The molecule has 0 saturated carbocycles. The SMILES string of the molecule is CC(C)(C)[Si](C)(C)OC[C@@]1(C)CNc2c(C#N)cc(-c3ccnc(Nc4cc(C#N)ccc4CO)n3)cc21. The van der Waals surface area contributed by atoms with Crippen LogP contribution in [0.5, 0.6) is 0 Å². The van der Waals surface area contributed by atoms with E-state index in [-0.39, 0.29) is 17.1 Å². The molecule has 1 aliphatic rings. The normalized spacial score (nSPS) is 16.8. The summed E-state index contributed by atoms with van der Waals surface area (Å²) in [4.78, 5) is 9.03. The molecule has 1 aliphatic heterocycles. The van der Waals surface area contributed by atoms with Crippen LogP contribution in [-0.4, -0.2) is 36.5 Å². The van der Waals surface area contributed by atoms with Gasteiger partial charge in [0.15, 0.2) is 8.32 Å². The summed E-state index contributed by atoms with van der Waals surface area (Å²) < 4.78 is 6.62. The molecule has 3 aromatic rings. The molecule has 2 heterocycles. The maximum atomic E-state index is 9.96. The molecule has 0 fully saturated rings. The Bertz CT molecular complexity index is 1450. The lowest BCUT2D eigenvalue weighted by Crippen LogP contribution is -2.45. The van der Waals surface area contributed by atoms with Gasteiger partial charge in [0.25, 0.3) is 0 Å². The molecule has 0 amide bonds. The van der Waals surface area contributed by atoms with Crippen molar-refractivity contribution in [1.29, 1.82) is 10.5 Å². The molecule has 1 aromatic heterocycles. The first kappa shape index (κ1) is 27.3. The standard InChI is InChI=1S/C29H34N6O2Si/c1-28(2,3)38(5,6)37-18-29(4)17-33-26-22(15-31)12-21(13-23(26)29)24-9-10-32-27(34-24)35-25-11-19(14-30)7-8-20(25)16-36/h7-13,33,36H,16-18H2,1-6H3,(H,32,34,35)/t29-/m1/s1. The summed E-state index contributed by atoms with van der Waals surface area (Å²) in [6, 6.07) is 15.2. The highest BCUT2D eigenvalue weighted by molar-refractivity contribution is 6.74. The fraction of sp³-hybridized carbons (Fsp3) is 0.379. The third kappa shape index (κ3) is 5.27. The number of hydrogen-bond donors (Lipinski definition) is 3. The van der Waals surface area contributed by atoms with Gasteiger partial charge in [-0.3, -0.25) is 0 Å². The second-order valence-electron chi connectivity index (χ2n) is 11.6. The Labute approximate surface area is 225 Å². The summed E-state index contributed by atoms with van der Waals surface area (Å²) in [6.45, 7) is 14.4. The first-order valence-electron chi connectivity index (χ1n) is 12.6. The number of aliphatic hydroxyl groups excluding tert-OH is 1. The van der Waals surface area contributed by atoms with Crippen LogP contribution in [-0.2, 0) is 16.4 Å². The molecular formula is C29H34N6O2Si. The second-order valence-corrected chi connectivity index (χ2v) is 16.4. The molecule has 196 valence electrons. The predicted octanol–water partition coefficient (Wildman–Crippen LogP) is 5.83. The number of nitrogens with zero attached hydrogens (tertiary/aromatic N) is 4. The predicted molar refractivity (Wildman–Crippen MR) is 152 cm³/mol. The third-order valence-corrected chi connectivity index (χ3v) is 12.2. The molecule has 0 bridgehead atoms. The fourth-order valence-electron chi connectivity index (χ4n) is 4.21. The van der Waals surface area contributed by atoms with Crippen molar-refractivity contribution < 1.29 is 9.53 Å². The van der Waals surface area contributed by atoms with E-state index in [2.05, 4.69) is 74.6 Å². The minimum atomic E-state index is -1.96. The quantitative estimate of drug-likeness (QED) is 0.328. The molecule has 4 rings (SSSR count). The van der Waals surface area contributed by atoms with E-state index in [1.54, 1.807) is 30.5 Å². The molecule has 8 nitrogen and oxygen atoms in total. The van der Waals surface area contributed by atoms with E-state index in [4.69, 9.17) is 9.41 Å². The number of aromatic nitrogens is 2. The van der Waals surface area contributed by atoms with Gasteiger partial charge in [0.2, 0.25) is 5.95 Å². The average molecular weight is 527 g/mol. The van der Waals surface area contributed by atoms with E-state index in [1.165, 1.54) is 0 Å². The van der Waals surface area contributed by atoms with E-state index in [9.17, 15) is 15.6 Å². The van der Waals surface area contributed by atoms with Gasteiger partial charge in [0.05, 0.1) is 35.2 Å². The molecule has 2 aromatic carbocycles. The van der Waals surface area contributed by atoms with Gasteiger partial charge in [-0.1, -0.05) is 33.8 Å². The zero-order chi connectivity index (χ0) is 27.7. The molecule has 38 heavy (non-hydrogen) atoms. The Hall–Kier alpha value is -3.76. The van der Waals surface area contributed by atoms with Crippen molar-refractivity contribution in [3.05, 3.63) is 64.8 Å². The van der Waals surface area contributed by atoms with Crippen LogP contribution in [0.4, 0.5) is 17.3 Å². The van der Waals surface area contributed by atoms with E-state index in [1.807, 2.05) is 6.07 Å². The van der Waals surface area contributed by atoms with Crippen molar-refractivity contribution in [3.8, 4) is 23.4 Å². The second kappa shape index (κ2) is 10.2. The van der Waals surface area contributed by atoms with Gasteiger partial charge < -0.3 is 20.2 Å². The Morgan fingerprint density at radius 1 is 1.16 bits per heavy atom. The van der Waals surface area contributed by atoms with Gasteiger partial charge in [-0.25, -0.2) is 9.97 Å². The zero-order valence-corrected chi connectivity index (χ0v) is 23.8. The summed E-state index contributed by atoms with van der Waals surface area (Å²) >= 11 is 0. The molecule has 3 N–H and O–H groups in total. The molecule has 9 heteroatoms. The van der Waals surface area contributed by atoms with Crippen LogP contribution in [0, 0.1) is 22.7 Å². The Morgan fingerprint density at radius 2 is 1.92 bits per heavy atom. The van der Waals surface area contributed by atoms with Gasteiger partial charge in [-0.2, -0.15) is 10.5 Å². The molecule has 0 aliphatic carbocycles. The molecule has 0 radical (unpaired) electrons. The van der Waals surface area contributed by atoms with Gasteiger partial charge in [0, 0.05) is 41.6 Å². The number of anilines is 3. The highest BCUT2D eigenvalue weighted by Crippen LogP contribution is 2.44. The van der Waals surface area contributed by atoms with Crippen molar-refractivity contribution in [2.75, 3.05) is 23.8 Å². The number of nitriles is 2. The average Bonchev–Trinajstić information content (AvgIpc) is 3.23. The van der Waals surface area contributed by atoms with Gasteiger partial charge >= 0.3 is 0 Å². The first-order valence-corrected chi connectivity index (χ1v) is 15.5. The van der Waals surface area contributed by atoms with Crippen molar-refractivity contribution in [3.63, 3.8) is 0 Å². The summed E-state index contributed by atoms with van der Waals surface area (Å²) in [5.74, 6) is 0.327. The van der Waals surface area contributed by atoms with Crippen LogP contribution >= 0.6 is 0 Å². The molecule has 0 saturated heterocycles. The zero-order valence-electron chi connectivity index (χ0n) is 22.8. The van der Waals surface area contributed by atoms with Crippen molar-refractivity contribution in [2.45, 2.75) is 57.8 Å². The van der Waals surface area contributed by atoms with Gasteiger partial charge in [0.1, 0.15) is 6.07 Å². The minimum absolute atomic E-state index is 0.102. The third-order valence-electron chi connectivity index (χ3n) is 7.73. The molecule has 1 atom stereocenters. The van der Waals surface area contributed by atoms with Gasteiger partial charge in [-0.05, 0) is 54.0 Å². The van der Waals surface area contributed by atoms with Crippen LogP contribution in [0.25, 0.3) is 11.3 Å². The van der Waals surface area contributed by atoms with Crippen LogP contribution in [0.2, 0.25) is 18.1 Å². The Kier molecular flexibility index (Phi) is 7.31. The first-order chi connectivity index (χ1) is 17.9. The van der Waals surface area contributed by atoms with E-state index < -0.39 is 8.32 Å². The largest absolute Gasteiger partial charge is 0.416 e. The minimum Gasteiger partial charge on any atom is -0.416 e. The number of aliphatic hydroxyl groups is 1. The van der Waals surface area contributed by atoms with Crippen molar-refractivity contribution >= 4 is 25.6 Å². The molecule has 0 unspecified atom stereocenters. The lowest BCUT2D eigenvalue weighted by Gasteiger charge is -2.39. The lowest BCUT2D eigenvalue weighted by molar-refractivity contribution is 0.220. The van der Waals surface area contributed by atoms with Crippen LogP contribution in [0.1, 0.15) is 49.9 Å². The monoisotopic (exact) mass is 526 g/mol. The summed E-state index contributed by atoms with van der Waals surface area (Å²) in [5, 5.41) is 35.6. The van der Waals surface area contributed by atoms with E-state index in [0.29, 0.717) is 47.2 Å². The Morgan fingerprint density at radius 3 is 2.58 bits per heavy atom. The maximum Gasteiger partial charge on any atom is 0.227 e. The van der Waals surface area contributed by atoms with E-state index >= 15 is 0 Å². The van der Waals surface area contributed by atoms with Crippen molar-refractivity contribution in [1.82, 2.24) is 9.97 Å². The molecular weight excluding hydrogens is 492 g/mol. The van der Waals surface area contributed by atoms with Crippen LogP contribution < -0.4 is 10.6 Å². The highest BCUT2D eigenvalue weighted by atomic mass is 28.4. The summed E-state index contributed by atoms with van der Waals surface area (Å²) in [5.41, 5.74) is 5.28. The maximum absolute atomic E-state index is 9.96. The number of nitrogens with one attached hydrogen (secondary N) is 2. The fourth-order valence-corrected chi connectivity index (χ4v) is 5.32. The summed E-state index contributed by atoms with van der Waals surface area (Å²) in [6.07, 6.45) is 1.65. The summed E-state index contributed by atoms with van der Waals surface area (Å²) in [7, 11) is -1.96. The number of benzene rings is 2. The number of hydrogen-bond acceptors (Lipinski definition) is 8. The topological polar surface area (TPSA) is 127 Å². The molecule has 0 spiro atoms.